The van der Waals surface area contributed by atoms with Crippen molar-refractivity contribution >= 4 is 17.1 Å². The van der Waals surface area contributed by atoms with E-state index in [2.05, 4.69) is 144 Å². The molecule has 0 aliphatic heterocycles. The molecule has 5 fully saturated rings. The molecule has 0 N–H and O–H groups in total. The molecule has 0 heterocycles. The zero-order valence-electron chi connectivity index (χ0n) is 29.9. The van der Waals surface area contributed by atoms with Gasteiger partial charge in [-0.3, -0.25) is 0 Å². The van der Waals surface area contributed by atoms with Crippen LogP contribution in [0, 0.1) is 23.7 Å². The predicted octanol–water partition coefficient (Wildman–Crippen LogP) is 13.4. The molecule has 52 heavy (non-hydrogen) atoms. The molecule has 7 aliphatic rings. The smallest absolute Gasteiger partial charge is 0.0509 e. The summed E-state index contributed by atoms with van der Waals surface area (Å²) in [6.45, 7) is 0. The predicted molar refractivity (Wildman–Crippen MR) is 215 cm³/mol. The summed E-state index contributed by atoms with van der Waals surface area (Å²) in [7, 11) is 0. The standard InChI is InChI=1S/C51H45N/c1-2-11-35(12-3-1)36-19-21-39(22-20-36)52(40-23-24-46-44(32-40)42-14-4-6-16-45(42)50(46)25-8-9-26-50)48-18-10-15-43-41-13-5-7-17-47(41)51(49(43)48)37-28-33-27-34(30-37)31-38(51)29-33/h1-7,10-24,32-34,37-38H,8-9,25-31H2. The van der Waals surface area contributed by atoms with Crippen molar-refractivity contribution in [2.75, 3.05) is 4.90 Å². The number of hydrogen-bond donors (Lipinski definition) is 0. The lowest BCUT2D eigenvalue weighted by atomic mass is 9.43. The van der Waals surface area contributed by atoms with Crippen molar-refractivity contribution in [1.82, 2.24) is 0 Å². The lowest BCUT2D eigenvalue weighted by Gasteiger charge is -2.61. The largest absolute Gasteiger partial charge is 0.310 e. The van der Waals surface area contributed by atoms with E-state index in [0.717, 1.165) is 11.8 Å². The van der Waals surface area contributed by atoms with Crippen LogP contribution in [-0.4, -0.2) is 0 Å². The van der Waals surface area contributed by atoms with Gasteiger partial charge in [0.15, 0.2) is 0 Å². The van der Waals surface area contributed by atoms with E-state index in [1.54, 1.807) is 22.3 Å². The van der Waals surface area contributed by atoms with Gasteiger partial charge in [-0.25, -0.2) is 0 Å². The molecule has 1 heteroatoms. The number of hydrogen-bond acceptors (Lipinski definition) is 1. The molecule has 6 aromatic carbocycles. The van der Waals surface area contributed by atoms with E-state index < -0.39 is 0 Å². The normalized spacial score (nSPS) is 26.4. The van der Waals surface area contributed by atoms with E-state index in [1.807, 2.05) is 0 Å². The van der Waals surface area contributed by atoms with E-state index >= 15 is 0 Å². The second-order valence-electron chi connectivity index (χ2n) is 17.2. The number of benzene rings is 6. The maximum absolute atomic E-state index is 2.66. The average Bonchev–Trinajstić information content (AvgIpc) is 3.88. The molecule has 2 spiro atoms. The summed E-state index contributed by atoms with van der Waals surface area (Å²) in [5, 5.41) is 0. The zero-order valence-corrected chi connectivity index (χ0v) is 29.9. The molecule has 5 saturated carbocycles. The number of anilines is 3. The maximum atomic E-state index is 2.66. The average molecular weight is 672 g/mol. The van der Waals surface area contributed by atoms with Gasteiger partial charge < -0.3 is 4.90 Å². The Bertz CT molecular complexity index is 2350. The van der Waals surface area contributed by atoms with Crippen LogP contribution >= 0.6 is 0 Å². The summed E-state index contributed by atoms with van der Waals surface area (Å²) in [6, 6.07) is 54.0. The van der Waals surface area contributed by atoms with E-state index in [0.29, 0.717) is 11.8 Å². The van der Waals surface area contributed by atoms with Gasteiger partial charge in [0.25, 0.3) is 0 Å². The van der Waals surface area contributed by atoms with Crippen molar-refractivity contribution in [3.63, 3.8) is 0 Å². The molecular formula is C51H45N. The van der Waals surface area contributed by atoms with Gasteiger partial charge >= 0.3 is 0 Å². The van der Waals surface area contributed by atoms with Crippen LogP contribution in [-0.2, 0) is 10.8 Å². The second-order valence-corrected chi connectivity index (χ2v) is 17.2. The third-order valence-electron chi connectivity index (χ3n) is 15.0. The summed E-state index contributed by atoms with van der Waals surface area (Å²) in [5.41, 5.74) is 18.9. The molecule has 0 atom stereocenters. The fourth-order valence-electron chi connectivity index (χ4n) is 13.3. The van der Waals surface area contributed by atoms with Gasteiger partial charge in [-0.2, -0.15) is 0 Å². The summed E-state index contributed by atoms with van der Waals surface area (Å²) in [5.74, 6) is 3.25. The maximum Gasteiger partial charge on any atom is 0.0509 e. The van der Waals surface area contributed by atoms with Gasteiger partial charge in [0, 0.05) is 22.2 Å². The van der Waals surface area contributed by atoms with Gasteiger partial charge in [-0.1, -0.05) is 122 Å². The Kier molecular flexibility index (Phi) is 6.18. The highest BCUT2D eigenvalue weighted by atomic mass is 15.1. The fraction of sp³-hybridized carbons (Fsp3) is 0.294. The zero-order chi connectivity index (χ0) is 34.0. The van der Waals surface area contributed by atoms with Crippen LogP contribution in [0.15, 0.2) is 140 Å². The first-order valence-electron chi connectivity index (χ1n) is 20.2. The Morgan fingerprint density at radius 1 is 0.442 bits per heavy atom. The van der Waals surface area contributed by atoms with Crippen LogP contribution in [0.3, 0.4) is 0 Å². The van der Waals surface area contributed by atoms with E-state index in [1.165, 1.54) is 108 Å². The van der Waals surface area contributed by atoms with Crippen molar-refractivity contribution in [2.45, 2.75) is 68.6 Å². The van der Waals surface area contributed by atoms with E-state index in [-0.39, 0.29) is 10.8 Å². The van der Waals surface area contributed by atoms with E-state index in [4.69, 9.17) is 0 Å². The van der Waals surface area contributed by atoms with Crippen molar-refractivity contribution in [3.05, 3.63) is 162 Å². The van der Waals surface area contributed by atoms with Crippen molar-refractivity contribution in [1.29, 1.82) is 0 Å². The summed E-state index contributed by atoms with van der Waals surface area (Å²) >= 11 is 0. The molecular weight excluding hydrogens is 627 g/mol. The van der Waals surface area contributed by atoms with Crippen molar-refractivity contribution < 1.29 is 0 Å². The minimum atomic E-state index is 0.0788. The van der Waals surface area contributed by atoms with Crippen LogP contribution in [0.25, 0.3) is 33.4 Å². The van der Waals surface area contributed by atoms with Gasteiger partial charge in [-0.05, 0) is 155 Å². The third kappa shape index (κ3) is 3.85. The van der Waals surface area contributed by atoms with E-state index in [9.17, 15) is 0 Å². The highest BCUT2D eigenvalue weighted by Gasteiger charge is 2.62. The molecule has 4 bridgehead atoms. The molecule has 0 unspecified atom stereocenters. The Morgan fingerprint density at radius 3 is 1.75 bits per heavy atom. The lowest BCUT2D eigenvalue weighted by molar-refractivity contribution is -0.0397. The van der Waals surface area contributed by atoms with Crippen LogP contribution < -0.4 is 4.90 Å². The van der Waals surface area contributed by atoms with Gasteiger partial charge in [0.2, 0.25) is 0 Å². The number of nitrogens with zero attached hydrogens (tertiary/aromatic N) is 1. The highest BCUT2D eigenvalue weighted by Crippen LogP contribution is 2.71. The van der Waals surface area contributed by atoms with Crippen LogP contribution in [0.2, 0.25) is 0 Å². The Hall–Kier alpha value is -4.88. The molecule has 1 nitrogen and oxygen atoms in total. The van der Waals surface area contributed by atoms with Crippen molar-refractivity contribution in [3.8, 4) is 33.4 Å². The Balaban J connectivity index is 1.10. The molecule has 13 rings (SSSR count). The Labute approximate surface area is 308 Å². The van der Waals surface area contributed by atoms with Gasteiger partial charge in [-0.15, -0.1) is 0 Å². The summed E-state index contributed by atoms with van der Waals surface area (Å²) in [4.78, 5) is 2.66. The topological polar surface area (TPSA) is 3.24 Å². The SMILES string of the molecule is c1ccc(-c2ccc(N(c3ccc4c(c3)-c3ccccc3C43CCCC3)c3cccc4c3C3(c5ccccc5-4)C4CC5CC(C4)CC3C5)cc2)cc1. The molecule has 6 aromatic rings. The molecule has 0 radical (unpaired) electrons. The molecule has 254 valence electrons. The molecule has 7 aliphatic carbocycles. The van der Waals surface area contributed by atoms with Gasteiger partial charge in [0.05, 0.1) is 5.69 Å². The lowest BCUT2D eigenvalue weighted by Crippen LogP contribution is -2.55. The molecule has 0 saturated heterocycles. The Morgan fingerprint density at radius 2 is 1.02 bits per heavy atom. The number of fused-ring (bicyclic) bond motifs is 8. The first-order chi connectivity index (χ1) is 25.7. The van der Waals surface area contributed by atoms with Gasteiger partial charge in [0.1, 0.15) is 0 Å². The third-order valence-corrected chi connectivity index (χ3v) is 15.0. The minimum absolute atomic E-state index is 0.0788. The first kappa shape index (κ1) is 29.7. The van der Waals surface area contributed by atoms with Crippen LogP contribution in [0.4, 0.5) is 17.1 Å². The van der Waals surface area contributed by atoms with Crippen molar-refractivity contribution in [2.24, 2.45) is 23.7 Å². The summed E-state index contributed by atoms with van der Waals surface area (Å²) in [6.07, 6.45) is 12.2. The van der Waals surface area contributed by atoms with Crippen LogP contribution in [0.5, 0.6) is 0 Å². The molecule has 0 amide bonds. The highest BCUT2D eigenvalue weighted by molar-refractivity contribution is 5.93. The first-order valence-corrected chi connectivity index (χ1v) is 20.2. The fourth-order valence-corrected chi connectivity index (χ4v) is 13.3. The minimum Gasteiger partial charge on any atom is -0.310 e. The van der Waals surface area contributed by atoms with Crippen LogP contribution in [0.1, 0.15) is 80.0 Å². The number of rotatable bonds is 4. The second kappa shape index (κ2) is 10.8. The quantitative estimate of drug-likeness (QED) is 0.180. The summed E-state index contributed by atoms with van der Waals surface area (Å²) < 4.78 is 0. The molecule has 0 aromatic heterocycles. The monoisotopic (exact) mass is 671 g/mol.